The molecule has 2 rings (SSSR count). The quantitative estimate of drug-likeness (QED) is 0.677. The van der Waals surface area contributed by atoms with Crippen LogP contribution in [0.2, 0.25) is 0 Å². The van der Waals surface area contributed by atoms with E-state index in [1.54, 1.807) is 0 Å². The van der Waals surface area contributed by atoms with Crippen LogP contribution in [0.1, 0.15) is 5.56 Å². The maximum atomic E-state index is 13.2. The van der Waals surface area contributed by atoms with E-state index in [1.165, 1.54) is 12.1 Å². The van der Waals surface area contributed by atoms with Crippen molar-refractivity contribution in [2.45, 2.75) is 6.54 Å². The smallest absolute Gasteiger partial charge is 0.274 e. The van der Waals surface area contributed by atoms with Crippen molar-refractivity contribution < 1.29 is 9.31 Å². The van der Waals surface area contributed by atoms with Crippen molar-refractivity contribution in [3.8, 4) is 0 Å². The Kier molecular flexibility index (Phi) is 4.37. The van der Waals surface area contributed by atoms with E-state index in [9.17, 15) is 14.5 Å². The first kappa shape index (κ1) is 14.8. The molecule has 0 fully saturated rings. The van der Waals surface area contributed by atoms with Crippen LogP contribution >= 0.6 is 0 Å². The van der Waals surface area contributed by atoms with Gasteiger partial charge in [-0.05, 0) is 30.3 Å². The van der Waals surface area contributed by atoms with E-state index >= 15 is 0 Å². The summed E-state index contributed by atoms with van der Waals surface area (Å²) in [5.41, 5.74) is 2.05. The Bertz CT molecular complexity index is 659. The minimum Gasteiger partial charge on any atom is -0.381 e. The molecule has 0 saturated heterocycles. The van der Waals surface area contributed by atoms with Crippen LogP contribution < -0.4 is 10.2 Å². The monoisotopic (exact) mass is 289 g/mol. The fourth-order valence-electron chi connectivity index (χ4n) is 1.97. The number of nitro benzene ring substituents is 1. The van der Waals surface area contributed by atoms with Gasteiger partial charge in [-0.25, -0.2) is 4.39 Å². The zero-order valence-corrected chi connectivity index (χ0v) is 11.8. The first-order valence-corrected chi connectivity index (χ1v) is 6.41. The molecule has 0 heterocycles. The van der Waals surface area contributed by atoms with Crippen molar-refractivity contribution in [2.24, 2.45) is 0 Å². The zero-order chi connectivity index (χ0) is 15.4. The Balaban J connectivity index is 2.18. The molecule has 0 saturated carbocycles. The van der Waals surface area contributed by atoms with Crippen molar-refractivity contribution in [3.05, 3.63) is 64.0 Å². The Morgan fingerprint density at radius 1 is 1.24 bits per heavy atom. The van der Waals surface area contributed by atoms with Gasteiger partial charge in [0.1, 0.15) is 5.82 Å². The molecule has 6 heteroatoms. The molecule has 0 atom stereocenters. The lowest BCUT2D eigenvalue weighted by molar-refractivity contribution is -0.385. The largest absolute Gasteiger partial charge is 0.381 e. The van der Waals surface area contributed by atoms with E-state index in [0.29, 0.717) is 5.56 Å². The third-order valence-corrected chi connectivity index (χ3v) is 3.08. The molecule has 1 N–H and O–H groups in total. The lowest BCUT2D eigenvalue weighted by Gasteiger charge is -2.14. The number of nitro groups is 1. The van der Waals surface area contributed by atoms with Crippen molar-refractivity contribution in [1.29, 1.82) is 0 Å². The van der Waals surface area contributed by atoms with Crippen molar-refractivity contribution in [1.82, 2.24) is 0 Å². The molecule has 0 aromatic heterocycles. The Hall–Kier alpha value is -2.63. The van der Waals surface area contributed by atoms with Gasteiger partial charge in [-0.1, -0.05) is 6.07 Å². The lowest BCUT2D eigenvalue weighted by Crippen LogP contribution is -2.09. The second-order valence-electron chi connectivity index (χ2n) is 4.83. The van der Waals surface area contributed by atoms with Gasteiger partial charge in [0, 0.05) is 38.1 Å². The van der Waals surface area contributed by atoms with Gasteiger partial charge in [-0.15, -0.1) is 0 Å². The van der Waals surface area contributed by atoms with E-state index in [1.807, 2.05) is 43.3 Å². The predicted molar refractivity (Wildman–Crippen MR) is 81.2 cm³/mol. The predicted octanol–water partition coefficient (Wildman–Crippen LogP) is 3.41. The van der Waals surface area contributed by atoms with E-state index in [0.717, 1.165) is 17.4 Å². The van der Waals surface area contributed by atoms with Crippen LogP contribution in [0, 0.1) is 15.9 Å². The molecule has 0 spiro atoms. The third kappa shape index (κ3) is 3.68. The van der Waals surface area contributed by atoms with E-state index in [4.69, 9.17) is 0 Å². The topological polar surface area (TPSA) is 58.4 Å². The second-order valence-corrected chi connectivity index (χ2v) is 4.83. The van der Waals surface area contributed by atoms with E-state index in [-0.39, 0.29) is 12.2 Å². The standard InChI is InChI=1S/C15H16FN3O2/c1-18(2)14-5-3-4-13(9-14)17-10-11-8-12(16)6-7-15(11)19(20)21/h3-9,17H,10H2,1-2H3. The van der Waals surface area contributed by atoms with Gasteiger partial charge in [0.25, 0.3) is 5.69 Å². The number of halogens is 1. The highest BCUT2D eigenvalue weighted by Gasteiger charge is 2.14. The molecule has 0 radical (unpaired) electrons. The molecule has 0 aliphatic carbocycles. The van der Waals surface area contributed by atoms with Crippen LogP contribution in [0.25, 0.3) is 0 Å². The summed E-state index contributed by atoms with van der Waals surface area (Å²) in [7, 11) is 3.85. The molecular weight excluding hydrogens is 273 g/mol. The van der Waals surface area contributed by atoms with Crippen LogP contribution in [0.15, 0.2) is 42.5 Å². The molecule has 0 unspecified atom stereocenters. The lowest BCUT2D eigenvalue weighted by atomic mass is 10.1. The molecule has 5 nitrogen and oxygen atoms in total. The van der Waals surface area contributed by atoms with Gasteiger partial charge < -0.3 is 10.2 Å². The molecule has 0 aliphatic heterocycles. The maximum absolute atomic E-state index is 13.2. The maximum Gasteiger partial charge on any atom is 0.274 e. The number of hydrogen-bond donors (Lipinski definition) is 1. The Labute approximate surface area is 122 Å². The normalized spacial score (nSPS) is 10.2. The SMILES string of the molecule is CN(C)c1cccc(NCc2cc(F)ccc2[N+](=O)[O-])c1. The molecule has 0 amide bonds. The third-order valence-electron chi connectivity index (χ3n) is 3.08. The first-order chi connectivity index (χ1) is 9.97. The molecule has 2 aromatic rings. The van der Waals surface area contributed by atoms with Gasteiger partial charge in [-0.2, -0.15) is 0 Å². The molecule has 0 bridgehead atoms. The zero-order valence-electron chi connectivity index (χ0n) is 11.8. The van der Waals surface area contributed by atoms with Gasteiger partial charge >= 0.3 is 0 Å². The Morgan fingerprint density at radius 3 is 2.67 bits per heavy atom. The summed E-state index contributed by atoms with van der Waals surface area (Å²) in [5.74, 6) is -0.487. The summed E-state index contributed by atoms with van der Waals surface area (Å²) in [6.45, 7) is 0.185. The molecule has 0 aliphatic rings. The summed E-state index contributed by atoms with van der Waals surface area (Å²) in [4.78, 5) is 12.4. The van der Waals surface area contributed by atoms with Gasteiger partial charge in [0.15, 0.2) is 0 Å². The molecular formula is C15H16FN3O2. The first-order valence-electron chi connectivity index (χ1n) is 6.41. The fourth-order valence-corrected chi connectivity index (χ4v) is 1.97. The van der Waals surface area contributed by atoms with E-state index in [2.05, 4.69) is 5.32 Å². The molecule has 21 heavy (non-hydrogen) atoms. The van der Waals surface area contributed by atoms with Crippen molar-refractivity contribution in [2.75, 3.05) is 24.3 Å². The molecule has 2 aromatic carbocycles. The minimum atomic E-state index is -0.507. The number of rotatable bonds is 5. The van der Waals surface area contributed by atoms with Crippen LogP contribution in [-0.2, 0) is 6.54 Å². The number of anilines is 2. The van der Waals surface area contributed by atoms with Crippen molar-refractivity contribution in [3.63, 3.8) is 0 Å². The number of hydrogen-bond acceptors (Lipinski definition) is 4. The van der Waals surface area contributed by atoms with Gasteiger partial charge in [0.05, 0.1) is 10.5 Å². The average molecular weight is 289 g/mol. The highest BCUT2D eigenvalue weighted by molar-refractivity contribution is 5.58. The van der Waals surface area contributed by atoms with Gasteiger partial charge in [-0.3, -0.25) is 10.1 Å². The van der Waals surface area contributed by atoms with Crippen LogP contribution in [-0.4, -0.2) is 19.0 Å². The number of nitrogens with zero attached hydrogens (tertiary/aromatic N) is 2. The summed E-state index contributed by atoms with van der Waals surface area (Å²) < 4.78 is 13.2. The summed E-state index contributed by atoms with van der Waals surface area (Å²) in [6.07, 6.45) is 0. The molecule has 110 valence electrons. The average Bonchev–Trinajstić information content (AvgIpc) is 2.45. The summed E-state index contributed by atoms with van der Waals surface area (Å²) in [5, 5.41) is 14.0. The van der Waals surface area contributed by atoms with Gasteiger partial charge in [0.2, 0.25) is 0 Å². The van der Waals surface area contributed by atoms with Crippen LogP contribution in [0.5, 0.6) is 0 Å². The summed E-state index contributed by atoms with van der Waals surface area (Å²) >= 11 is 0. The number of benzene rings is 2. The van der Waals surface area contributed by atoms with Crippen molar-refractivity contribution >= 4 is 17.1 Å². The highest BCUT2D eigenvalue weighted by Crippen LogP contribution is 2.22. The minimum absolute atomic E-state index is 0.0901. The second kappa shape index (κ2) is 6.21. The summed E-state index contributed by atoms with van der Waals surface area (Å²) in [6, 6.07) is 11.1. The van der Waals surface area contributed by atoms with Crippen LogP contribution in [0.4, 0.5) is 21.5 Å². The fraction of sp³-hybridized carbons (Fsp3) is 0.200. The Morgan fingerprint density at radius 2 is 2.00 bits per heavy atom. The van der Waals surface area contributed by atoms with E-state index < -0.39 is 10.7 Å². The highest BCUT2D eigenvalue weighted by atomic mass is 19.1. The van der Waals surface area contributed by atoms with Crippen LogP contribution in [0.3, 0.4) is 0 Å². The number of nitrogens with one attached hydrogen (secondary N) is 1.